The van der Waals surface area contributed by atoms with E-state index in [1.807, 2.05) is 61.2 Å². The molecule has 1 fully saturated rings. The van der Waals surface area contributed by atoms with Gasteiger partial charge < -0.3 is 5.32 Å². The number of rotatable bonds is 5. The van der Waals surface area contributed by atoms with Gasteiger partial charge in [0.2, 0.25) is 15.9 Å². The molecule has 34 heavy (non-hydrogen) atoms. The Bertz CT molecular complexity index is 1330. The van der Waals surface area contributed by atoms with Crippen molar-refractivity contribution in [2.24, 2.45) is 0 Å². The first-order chi connectivity index (χ1) is 16.2. The molecule has 1 aliphatic rings. The van der Waals surface area contributed by atoms with Gasteiger partial charge in [0.25, 0.3) is 0 Å². The summed E-state index contributed by atoms with van der Waals surface area (Å²) in [6, 6.07) is 17.8. The van der Waals surface area contributed by atoms with Crippen molar-refractivity contribution < 1.29 is 18.0 Å². The molecule has 2 N–H and O–H groups in total. The van der Waals surface area contributed by atoms with Crippen molar-refractivity contribution >= 4 is 38.4 Å². The molecular formula is C25H28N4O4S. The highest BCUT2D eigenvalue weighted by molar-refractivity contribution is 7.89. The Labute approximate surface area is 199 Å². The number of nitrogens with zero attached hydrogens (tertiary/aromatic N) is 2. The summed E-state index contributed by atoms with van der Waals surface area (Å²) in [5, 5.41) is 6.88. The summed E-state index contributed by atoms with van der Waals surface area (Å²) < 4.78 is 27.6. The van der Waals surface area contributed by atoms with E-state index in [-0.39, 0.29) is 24.5 Å². The maximum absolute atomic E-state index is 13.1. The van der Waals surface area contributed by atoms with Crippen LogP contribution >= 0.6 is 0 Å². The molecule has 178 valence electrons. The fourth-order valence-electron chi connectivity index (χ4n) is 4.08. The molecule has 3 aromatic rings. The highest BCUT2D eigenvalue weighted by Gasteiger charge is 2.29. The zero-order valence-electron chi connectivity index (χ0n) is 19.2. The van der Waals surface area contributed by atoms with Crippen LogP contribution in [0.15, 0.2) is 65.6 Å². The number of urea groups is 1. The second kappa shape index (κ2) is 9.92. The highest BCUT2D eigenvalue weighted by Crippen LogP contribution is 2.23. The quantitative estimate of drug-likeness (QED) is 0.585. The fourth-order valence-corrected chi connectivity index (χ4v) is 5.54. The van der Waals surface area contributed by atoms with Crippen LogP contribution < -0.4 is 10.6 Å². The van der Waals surface area contributed by atoms with Crippen LogP contribution in [-0.2, 0) is 14.8 Å². The minimum absolute atomic E-state index is 0.0180. The Balaban J connectivity index is 1.29. The number of nitrogens with one attached hydrogen (secondary N) is 2. The Kier molecular flexibility index (Phi) is 6.97. The SMILES string of the molecule is Cc1ccc(NC(=O)NC(=O)CN2CCN(S(=O)(=O)c3ccc4ccccc4c3)CC2)c(C)c1. The van der Waals surface area contributed by atoms with Gasteiger partial charge in [-0.15, -0.1) is 0 Å². The molecule has 8 nitrogen and oxygen atoms in total. The van der Waals surface area contributed by atoms with E-state index in [1.54, 1.807) is 18.2 Å². The third-order valence-corrected chi connectivity index (χ3v) is 7.83. The molecule has 0 aromatic heterocycles. The van der Waals surface area contributed by atoms with Gasteiger partial charge in [-0.05, 0) is 48.4 Å². The predicted molar refractivity (Wildman–Crippen MR) is 132 cm³/mol. The minimum atomic E-state index is -3.62. The number of benzene rings is 3. The Morgan fingerprint density at radius 3 is 2.29 bits per heavy atom. The van der Waals surface area contributed by atoms with E-state index in [4.69, 9.17) is 0 Å². The van der Waals surface area contributed by atoms with E-state index in [0.29, 0.717) is 18.8 Å². The van der Waals surface area contributed by atoms with Gasteiger partial charge in [0.15, 0.2) is 0 Å². The summed E-state index contributed by atoms with van der Waals surface area (Å²) >= 11 is 0. The van der Waals surface area contributed by atoms with Crippen LogP contribution in [0.1, 0.15) is 11.1 Å². The smallest absolute Gasteiger partial charge is 0.307 e. The first-order valence-electron chi connectivity index (χ1n) is 11.1. The molecule has 0 spiro atoms. The summed E-state index contributed by atoms with van der Waals surface area (Å²) in [5.74, 6) is -0.437. The number of fused-ring (bicyclic) bond motifs is 1. The van der Waals surface area contributed by atoms with Crippen molar-refractivity contribution in [2.75, 3.05) is 38.0 Å². The largest absolute Gasteiger partial charge is 0.325 e. The average Bonchev–Trinajstić information content (AvgIpc) is 2.81. The molecule has 1 heterocycles. The summed E-state index contributed by atoms with van der Waals surface area (Å²) in [4.78, 5) is 26.6. The number of carbonyl (C=O) groups excluding carboxylic acids is 2. The monoisotopic (exact) mass is 480 g/mol. The second-order valence-corrected chi connectivity index (χ2v) is 10.4. The fraction of sp³-hybridized carbons (Fsp3) is 0.280. The van der Waals surface area contributed by atoms with Gasteiger partial charge in [-0.3, -0.25) is 15.0 Å². The zero-order valence-corrected chi connectivity index (χ0v) is 20.1. The van der Waals surface area contributed by atoms with Gasteiger partial charge in [0, 0.05) is 31.9 Å². The number of aryl methyl sites for hydroxylation is 2. The van der Waals surface area contributed by atoms with E-state index < -0.39 is 22.0 Å². The molecule has 9 heteroatoms. The Morgan fingerprint density at radius 2 is 1.59 bits per heavy atom. The number of hydrogen-bond donors (Lipinski definition) is 2. The molecule has 4 rings (SSSR count). The van der Waals surface area contributed by atoms with Crippen molar-refractivity contribution in [3.63, 3.8) is 0 Å². The summed E-state index contributed by atoms with van der Waals surface area (Å²) in [7, 11) is -3.62. The lowest BCUT2D eigenvalue weighted by atomic mass is 10.1. The lowest BCUT2D eigenvalue weighted by Gasteiger charge is -2.33. The molecule has 1 aliphatic heterocycles. The van der Waals surface area contributed by atoms with Crippen LogP contribution in [0, 0.1) is 13.8 Å². The predicted octanol–water partition coefficient (Wildman–Crippen LogP) is 3.11. The number of carbonyl (C=O) groups is 2. The van der Waals surface area contributed by atoms with Crippen molar-refractivity contribution in [3.05, 3.63) is 71.8 Å². The maximum atomic E-state index is 13.1. The molecule has 0 bridgehead atoms. The first kappa shape index (κ1) is 23.9. The molecule has 0 aliphatic carbocycles. The van der Waals surface area contributed by atoms with Crippen LogP contribution in [0.3, 0.4) is 0 Å². The van der Waals surface area contributed by atoms with Gasteiger partial charge >= 0.3 is 6.03 Å². The first-order valence-corrected chi connectivity index (χ1v) is 12.6. The summed E-state index contributed by atoms with van der Waals surface area (Å²) in [6.07, 6.45) is 0. The highest BCUT2D eigenvalue weighted by atomic mass is 32.2. The van der Waals surface area contributed by atoms with E-state index >= 15 is 0 Å². The molecular weight excluding hydrogens is 452 g/mol. The van der Waals surface area contributed by atoms with Gasteiger partial charge in [-0.2, -0.15) is 4.31 Å². The summed E-state index contributed by atoms with van der Waals surface area (Å²) in [5.41, 5.74) is 2.64. The normalized spacial score (nSPS) is 15.2. The van der Waals surface area contributed by atoms with Crippen LogP contribution in [0.4, 0.5) is 10.5 Å². The third-order valence-electron chi connectivity index (χ3n) is 5.94. The van der Waals surface area contributed by atoms with Crippen LogP contribution in [-0.4, -0.2) is 62.3 Å². The Hall–Kier alpha value is -3.27. The average molecular weight is 481 g/mol. The van der Waals surface area contributed by atoms with E-state index in [9.17, 15) is 18.0 Å². The van der Waals surface area contributed by atoms with E-state index in [1.165, 1.54) is 4.31 Å². The Morgan fingerprint density at radius 1 is 0.882 bits per heavy atom. The molecule has 3 amide bonds. The number of sulfonamides is 1. The topological polar surface area (TPSA) is 98.8 Å². The number of piperazine rings is 1. The van der Waals surface area contributed by atoms with Crippen molar-refractivity contribution in [1.29, 1.82) is 0 Å². The molecule has 0 saturated carbocycles. The van der Waals surface area contributed by atoms with Crippen LogP contribution in [0.5, 0.6) is 0 Å². The maximum Gasteiger partial charge on any atom is 0.325 e. The summed E-state index contributed by atoms with van der Waals surface area (Å²) in [6.45, 7) is 5.22. The standard InChI is InChI=1S/C25H28N4O4S/c1-18-7-10-23(19(2)15-18)26-25(31)27-24(30)17-28-11-13-29(14-12-28)34(32,33)22-9-8-20-5-3-4-6-21(20)16-22/h3-10,15-16H,11-14,17H2,1-2H3,(H2,26,27,30,31). The molecule has 1 saturated heterocycles. The second-order valence-electron chi connectivity index (χ2n) is 8.51. The van der Waals surface area contributed by atoms with Gasteiger partial charge in [0.05, 0.1) is 11.4 Å². The lowest BCUT2D eigenvalue weighted by Crippen LogP contribution is -2.51. The van der Waals surface area contributed by atoms with Crippen LogP contribution in [0.25, 0.3) is 10.8 Å². The van der Waals surface area contributed by atoms with Crippen molar-refractivity contribution in [1.82, 2.24) is 14.5 Å². The lowest BCUT2D eigenvalue weighted by molar-refractivity contribution is -0.121. The number of anilines is 1. The molecule has 0 atom stereocenters. The third kappa shape index (κ3) is 5.44. The van der Waals surface area contributed by atoms with Crippen LogP contribution in [0.2, 0.25) is 0 Å². The minimum Gasteiger partial charge on any atom is -0.307 e. The van der Waals surface area contributed by atoms with E-state index in [2.05, 4.69) is 10.6 Å². The van der Waals surface area contributed by atoms with Crippen molar-refractivity contribution in [2.45, 2.75) is 18.7 Å². The number of imide groups is 1. The zero-order chi connectivity index (χ0) is 24.3. The van der Waals surface area contributed by atoms with Gasteiger partial charge in [-0.25, -0.2) is 13.2 Å². The van der Waals surface area contributed by atoms with Gasteiger partial charge in [0.1, 0.15) is 0 Å². The van der Waals surface area contributed by atoms with E-state index in [0.717, 1.165) is 21.9 Å². The molecule has 0 radical (unpaired) electrons. The number of amides is 3. The van der Waals surface area contributed by atoms with Crippen molar-refractivity contribution in [3.8, 4) is 0 Å². The van der Waals surface area contributed by atoms with Gasteiger partial charge in [-0.1, -0.05) is 48.0 Å². The number of hydrogen-bond acceptors (Lipinski definition) is 5. The molecule has 3 aromatic carbocycles. The molecule has 0 unspecified atom stereocenters.